The zero-order chi connectivity index (χ0) is 34.4. The Labute approximate surface area is 283 Å². The Morgan fingerprint density at radius 1 is 0.851 bits per heavy atom. The molecule has 1 N–H and O–H groups in total. The Morgan fingerprint density at radius 3 is 2.13 bits per heavy atom. The number of rotatable bonds is 12. The highest BCUT2D eigenvalue weighted by Crippen LogP contribution is 2.35. The van der Waals surface area contributed by atoms with Gasteiger partial charge in [-0.3, -0.25) is 13.9 Å². The van der Waals surface area contributed by atoms with Gasteiger partial charge in [-0.2, -0.15) is 0 Å². The minimum Gasteiger partial charge on any atom is -0.495 e. The van der Waals surface area contributed by atoms with Crippen LogP contribution < -0.4 is 14.4 Å². The number of methoxy groups -OCH3 is 1. The lowest BCUT2D eigenvalue weighted by Crippen LogP contribution is -2.56. The van der Waals surface area contributed by atoms with Gasteiger partial charge in [-0.15, -0.1) is 0 Å². The first kappa shape index (κ1) is 35.5. The summed E-state index contributed by atoms with van der Waals surface area (Å²) in [6, 6.07) is 27.1. The summed E-state index contributed by atoms with van der Waals surface area (Å²) in [7, 11) is -2.90. The number of hydrogen-bond donors (Lipinski definition) is 1. The Bertz CT molecular complexity index is 1810. The number of benzene rings is 4. The first-order valence-corrected chi connectivity index (χ1v) is 17.1. The van der Waals surface area contributed by atoms with E-state index in [1.807, 2.05) is 89.2 Å². The minimum absolute atomic E-state index is 0.00512. The lowest BCUT2D eigenvalue weighted by Gasteiger charge is -2.35. The fraction of sp³-hybridized carbons (Fsp3) is 0.297. The van der Waals surface area contributed by atoms with E-state index in [1.165, 1.54) is 30.2 Å². The van der Waals surface area contributed by atoms with Crippen molar-refractivity contribution in [1.29, 1.82) is 0 Å². The predicted molar refractivity (Wildman–Crippen MR) is 187 cm³/mol. The molecule has 0 bridgehead atoms. The molecule has 0 saturated carbocycles. The van der Waals surface area contributed by atoms with E-state index < -0.39 is 34.1 Å². The number of halogens is 1. The smallest absolute Gasteiger partial charge is 0.264 e. The van der Waals surface area contributed by atoms with Gasteiger partial charge in [-0.25, -0.2) is 8.42 Å². The van der Waals surface area contributed by atoms with Crippen LogP contribution in [0.15, 0.2) is 102 Å². The van der Waals surface area contributed by atoms with Gasteiger partial charge in [0, 0.05) is 23.5 Å². The van der Waals surface area contributed by atoms with Crippen molar-refractivity contribution in [2.75, 3.05) is 18.0 Å². The van der Waals surface area contributed by atoms with E-state index in [0.717, 1.165) is 26.6 Å². The van der Waals surface area contributed by atoms with Gasteiger partial charge in [0.1, 0.15) is 18.3 Å². The monoisotopic (exact) mass is 675 g/mol. The molecule has 8 nitrogen and oxygen atoms in total. The van der Waals surface area contributed by atoms with E-state index in [9.17, 15) is 18.0 Å². The third-order valence-electron chi connectivity index (χ3n) is 7.50. The minimum atomic E-state index is -4.32. The lowest BCUT2D eigenvalue weighted by atomic mass is 10.0. The average Bonchev–Trinajstić information content (AvgIpc) is 3.01. The summed E-state index contributed by atoms with van der Waals surface area (Å²) in [5, 5.41) is 3.31. The van der Waals surface area contributed by atoms with Crippen LogP contribution in [0.25, 0.3) is 0 Å². The highest BCUT2D eigenvalue weighted by molar-refractivity contribution is 7.92. The Balaban J connectivity index is 1.87. The molecule has 0 aliphatic heterocycles. The highest BCUT2D eigenvalue weighted by Gasteiger charge is 2.36. The van der Waals surface area contributed by atoms with Gasteiger partial charge in [0.15, 0.2) is 0 Å². The van der Waals surface area contributed by atoms with Gasteiger partial charge in [0.25, 0.3) is 10.0 Å². The number of amides is 2. The van der Waals surface area contributed by atoms with Crippen LogP contribution in [0.5, 0.6) is 5.75 Å². The molecule has 0 unspecified atom stereocenters. The fourth-order valence-electron chi connectivity index (χ4n) is 5.22. The molecule has 2 amide bonds. The number of ether oxygens (including phenoxy) is 1. The number of aryl methyl sites for hydroxylation is 2. The molecule has 248 valence electrons. The molecule has 0 spiro atoms. The first-order valence-electron chi connectivity index (χ1n) is 15.3. The number of nitrogens with zero attached hydrogens (tertiary/aromatic N) is 2. The number of nitrogens with one attached hydrogen (secondary N) is 1. The summed E-state index contributed by atoms with van der Waals surface area (Å²) < 4.78 is 35.2. The number of carbonyl (C=O) groups is 2. The molecule has 0 aliphatic carbocycles. The van der Waals surface area contributed by atoms with Crippen molar-refractivity contribution in [3.8, 4) is 5.75 Å². The summed E-state index contributed by atoms with van der Waals surface area (Å²) in [4.78, 5) is 30.2. The molecule has 0 aromatic heterocycles. The average molecular weight is 676 g/mol. The van der Waals surface area contributed by atoms with Crippen molar-refractivity contribution in [3.05, 3.63) is 124 Å². The molecule has 10 heteroatoms. The van der Waals surface area contributed by atoms with Crippen LogP contribution in [-0.2, 0) is 32.6 Å². The van der Waals surface area contributed by atoms with Crippen LogP contribution in [0.2, 0.25) is 5.02 Å². The van der Waals surface area contributed by atoms with Gasteiger partial charge < -0.3 is 15.0 Å². The van der Waals surface area contributed by atoms with Crippen molar-refractivity contribution in [3.63, 3.8) is 0 Å². The predicted octanol–water partition coefficient (Wildman–Crippen LogP) is 6.72. The van der Waals surface area contributed by atoms with E-state index in [4.69, 9.17) is 16.3 Å². The molecule has 0 radical (unpaired) electrons. The molecule has 0 fully saturated rings. The highest BCUT2D eigenvalue weighted by atomic mass is 35.5. The third kappa shape index (κ3) is 9.36. The van der Waals surface area contributed by atoms with Gasteiger partial charge in [0.05, 0.1) is 17.7 Å². The first-order chi connectivity index (χ1) is 22.2. The Hall–Kier alpha value is -4.34. The van der Waals surface area contributed by atoms with E-state index in [1.54, 1.807) is 24.3 Å². The molecule has 4 aromatic carbocycles. The van der Waals surface area contributed by atoms with Crippen molar-refractivity contribution in [1.82, 2.24) is 10.2 Å². The maximum absolute atomic E-state index is 14.7. The number of carbonyl (C=O) groups excluding carboxylic acids is 2. The van der Waals surface area contributed by atoms with E-state index in [2.05, 4.69) is 5.32 Å². The zero-order valence-electron chi connectivity index (χ0n) is 27.7. The SMILES string of the molecule is COc1ccc(Cl)cc1N(CC(=O)N(Cc1cccc(C)c1)[C@@H](Cc1ccccc1)C(=O)NC(C)(C)C)S(=O)(=O)c1ccc(C)cc1. The second kappa shape index (κ2) is 15.0. The molecule has 0 saturated heterocycles. The summed E-state index contributed by atoms with van der Waals surface area (Å²) >= 11 is 6.37. The van der Waals surface area contributed by atoms with Gasteiger partial charge in [-0.1, -0.05) is 89.5 Å². The quantitative estimate of drug-likeness (QED) is 0.180. The van der Waals surface area contributed by atoms with Crippen LogP contribution in [0, 0.1) is 13.8 Å². The second-order valence-electron chi connectivity index (χ2n) is 12.6. The standard InChI is InChI=1S/C37H42ClN3O5S/c1-26-15-18-31(19-16-26)47(44,45)41(32-23-30(38)17-20-34(32)46-6)25-35(42)40(24-29-14-10-11-27(2)21-29)33(36(43)39-37(3,4)5)22-28-12-8-7-9-13-28/h7-21,23,33H,22,24-25H2,1-6H3,(H,39,43)/t33-/m0/s1. The van der Waals surface area contributed by atoms with Crippen molar-refractivity contribution < 1.29 is 22.7 Å². The fourth-order valence-corrected chi connectivity index (χ4v) is 6.81. The van der Waals surface area contributed by atoms with Crippen LogP contribution in [0.3, 0.4) is 0 Å². The summed E-state index contributed by atoms with van der Waals surface area (Å²) in [5.74, 6) is -0.709. The molecule has 0 heterocycles. The van der Waals surface area contributed by atoms with Crippen LogP contribution in [0.1, 0.15) is 43.0 Å². The zero-order valence-corrected chi connectivity index (χ0v) is 29.2. The molecule has 4 aromatic rings. The Kier molecular flexibility index (Phi) is 11.4. The van der Waals surface area contributed by atoms with Crippen molar-refractivity contribution >= 4 is 39.1 Å². The number of anilines is 1. The summed E-state index contributed by atoms with van der Waals surface area (Å²) in [5.41, 5.74) is 3.03. The lowest BCUT2D eigenvalue weighted by molar-refractivity contribution is -0.140. The molecular weight excluding hydrogens is 634 g/mol. The summed E-state index contributed by atoms with van der Waals surface area (Å²) in [6.07, 6.45) is 0.214. The molecular formula is C37H42ClN3O5S. The van der Waals surface area contributed by atoms with E-state index in [-0.39, 0.29) is 40.2 Å². The van der Waals surface area contributed by atoms with Gasteiger partial charge in [-0.05, 0) is 76.1 Å². The van der Waals surface area contributed by atoms with Crippen molar-refractivity contribution in [2.24, 2.45) is 0 Å². The van der Waals surface area contributed by atoms with E-state index in [0.29, 0.717) is 0 Å². The molecule has 4 rings (SSSR count). The van der Waals surface area contributed by atoms with Crippen molar-refractivity contribution in [2.45, 2.75) is 64.1 Å². The second-order valence-corrected chi connectivity index (χ2v) is 14.9. The Morgan fingerprint density at radius 2 is 1.51 bits per heavy atom. The van der Waals surface area contributed by atoms with E-state index >= 15 is 0 Å². The van der Waals surface area contributed by atoms with Gasteiger partial charge in [0.2, 0.25) is 11.8 Å². The maximum atomic E-state index is 14.7. The largest absolute Gasteiger partial charge is 0.495 e. The third-order valence-corrected chi connectivity index (χ3v) is 9.51. The van der Waals surface area contributed by atoms with Gasteiger partial charge >= 0.3 is 0 Å². The normalized spacial score (nSPS) is 12.2. The number of hydrogen-bond acceptors (Lipinski definition) is 5. The summed E-state index contributed by atoms with van der Waals surface area (Å²) in [6.45, 7) is 8.88. The topological polar surface area (TPSA) is 96.0 Å². The number of sulfonamides is 1. The van der Waals surface area contributed by atoms with Crippen LogP contribution in [-0.4, -0.2) is 50.4 Å². The van der Waals surface area contributed by atoms with Crippen LogP contribution in [0.4, 0.5) is 5.69 Å². The molecule has 0 aliphatic rings. The molecule has 1 atom stereocenters. The maximum Gasteiger partial charge on any atom is 0.264 e. The molecule has 47 heavy (non-hydrogen) atoms. The van der Waals surface area contributed by atoms with Crippen LogP contribution >= 0.6 is 11.6 Å².